The van der Waals surface area contributed by atoms with E-state index in [2.05, 4.69) is 10.2 Å². The third kappa shape index (κ3) is 4.64. The Morgan fingerprint density at radius 3 is 2.73 bits per heavy atom. The molecule has 0 saturated carbocycles. The van der Waals surface area contributed by atoms with Crippen molar-refractivity contribution in [1.82, 2.24) is 10.2 Å². The molecule has 2 heterocycles. The Balaban J connectivity index is 1.57. The number of benzene rings is 1. The Kier molecular flexibility index (Phi) is 5.67. The number of aromatic nitrogens is 2. The first-order valence-corrected chi connectivity index (χ1v) is 11.1. The van der Waals surface area contributed by atoms with Crippen LogP contribution in [0.1, 0.15) is 19.2 Å². The lowest BCUT2D eigenvalue weighted by Crippen LogP contribution is -2.33. The van der Waals surface area contributed by atoms with Gasteiger partial charge in [0.1, 0.15) is 0 Å². The third-order valence-electron chi connectivity index (χ3n) is 4.34. The predicted octanol–water partition coefficient (Wildman–Crippen LogP) is 2.19. The van der Waals surface area contributed by atoms with Crippen LogP contribution in [-0.2, 0) is 21.1 Å². The molecule has 0 N–H and O–H groups in total. The fourth-order valence-electron chi connectivity index (χ4n) is 2.90. The van der Waals surface area contributed by atoms with E-state index in [1.165, 1.54) is 11.8 Å². The van der Waals surface area contributed by atoms with Crippen molar-refractivity contribution >= 4 is 33.2 Å². The zero-order chi connectivity index (χ0) is 18.7. The van der Waals surface area contributed by atoms with Crippen LogP contribution in [0.25, 0.3) is 0 Å². The maximum Gasteiger partial charge on any atom is 0.277 e. The number of sulfone groups is 1. The quantitative estimate of drug-likeness (QED) is 0.692. The van der Waals surface area contributed by atoms with Gasteiger partial charge in [-0.05, 0) is 31.4 Å². The molecule has 1 amide bonds. The van der Waals surface area contributed by atoms with Gasteiger partial charge < -0.3 is 9.32 Å². The van der Waals surface area contributed by atoms with Gasteiger partial charge in [-0.1, -0.05) is 30.0 Å². The summed E-state index contributed by atoms with van der Waals surface area (Å²) < 4.78 is 28.6. The van der Waals surface area contributed by atoms with E-state index in [0.717, 1.165) is 5.69 Å². The second kappa shape index (κ2) is 7.79. The zero-order valence-corrected chi connectivity index (χ0v) is 16.3. The molecule has 0 radical (unpaired) electrons. The van der Waals surface area contributed by atoms with Crippen LogP contribution in [0.15, 0.2) is 40.0 Å². The van der Waals surface area contributed by atoms with Crippen molar-refractivity contribution in [2.24, 2.45) is 5.92 Å². The summed E-state index contributed by atoms with van der Waals surface area (Å²) in [5.74, 6) is 0.786. The van der Waals surface area contributed by atoms with Gasteiger partial charge in [-0.15, -0.1) is 10.2 Å². The number of para-hydroxylation sites is 1. The van der Waals surface area contributed by atoms with Gasteiger partial charge in [0.2, 0.25) is 11.8 Å². The van der Waals surface area contributed by atoms with Crippen LogP contribution < -0.4 is 4.90 Å². The lowest BCUT2D eigenvalue weighted by molar-refractivity contribution is -0.117. The van der Waals surface area contributed by atoms with Crippen molar-refractivity contribution in [2.75, 3.05) is 23.5 Å². The molecule has 1 fully saturated rings. The van der Waals surface area contributed by atoms with Crippen LogP contribution in [0.4, 0.5) is 5.69 Å². The molecule has 1 saturated heterocycles. The van der Waals surface area contributed by atoms with E-state index in [0.29, 0.717) is 24.0 Å². The smallest absolute Gasteiger partial charge is 0.277 e. The second-order valence-corrected chi connectivity index (χ2v) is 9.95. The van der Waals surface area contributed by atoms with E-state index in [1.54, 1.807) is 18.9 Å². The normalized spacial score (nSPS) is 20.0. The summed E-state index contributed by atoms with van der Waals surface area (Å²) in [7, 11) is -1.19. The minimum atomic E-state index is -2.92. The molecular formula is C17H21N3O4S2. The van der Waals surface area contributed by atoms with Crippen molar-refractivity contribution in [2.45, 2.75) is 30.2 Å². The van der Waals surface area contributed by atoms with Crippen LogP contribution >= 0.6 is 11.8 Å². The molecule has 3 rings (SSSR count). The lowest BCUT2D eigenvalue weighted by atomic mass is 10.1. The Morgan fingerprint density at radius 1 is 1.35 bits per heavy atom. The fraction of sp³-hybridized carbons (Fsp3) is 0.471. The van der Waals surface area contributed by atoms with Crippen molar-refractivity contribution in [3.05, 3.63) is 36.2 Å². The number of amides is 1. The molecular weight excluding hydrogens is 374 g/mol. The minimum Gasteiger partial charge on any atom is -0.416 e. The van der Waals surface area contributed by atoms with Crippen molar-refractivity contribution in [3.8, 4) is 0 Å². The van der Waals surface area contributed by atoms with Crippen LogP contribution in [0, 0.1) is 5.92 Å². The first-order valence-electron chi connectivity index (χ1n) is 8.36. The molecule has 26 heavy (non-hydrogen) atoms. The molecule has 0 aliphatic carbocycles. The summed E-state index contributed by atoms with van der Waals surface area (Å²) in [5, 5.41) is 7.89. The summed E-state index contributed by atoms with van der Waals surface area (Å²) in [4.78, 5) is 14.1. The molecule has 9 heteroatoms. The highest BCUT2D eigenvalue weighted by Gasteiger charge is 2.29. The summed E-state index contributed by atoms with van der Waals surface area (Å²) >= 11 is 1.20. The molecule has 0 spiro atoms. The maximum absolute atomic E-state index is 12.6. The van der Waals surface area contributed by atoms with E-state index in [9.17, 15) is 13.2 Å². The average Bonchev–Trinajstić information content (AvgIpc) is 3.20. The summed E-state index contributed by atoms with van der Waals surface area (Å²) in [6, 6.07) is 9.40. The van der Waals surface area contributed by atoms with Crippen LogP contribution in [0.3, 0.4) is 0 Å². The van der Waals surface area contributed by atoms with Gasteiger partial charge in [0, 0.05) is 19.2 Å². The molecule has 1 aromatic carbocycles. The number of carbonyl (C=O) groups is 1. The summed E-state index contributed by atoms with van der Waals surface area (Å²) in [5.41, 5.74) is 0.818. The Morgan fingerprint density at radius 2 is 2.08 bits per heavy atom. The number of hydrogen-bond acceptors (Lipinski definition) is 7. The monoisotopic (exact) mass is 395 g/mol. The van der Waals surface area contributed by atoms with Gasteiger partial charge in [0.25, 0.3) is 5.22 Å². The van der Waals surface area contributed by atoms with Gasteiger partial charge in [-0.2, -0.15) is 0 Å². The van der Waals surface area contributed by atoms with E-state index < -0.39 is 9.84 Å². The molecule has 2 aromatic rings. The Labute approximate surface area is 157 Å². The van der Waals surface area contributed by atoms with E-state index in [4.69, 9.17) is 4.42 Å². The molecule has 1 aliphatic heterocycles. The molecule has 0 unspecified atom stereocenters. The highest BCUT2D eigenvalue weighted by atomic mass is 32.2. The molecule has 7 nitrogen and oxygen atoms in total. The number of nitrogens with zero attached hydrogens (tertiary/aromatic N) is 3. The molecule has 0 bridgehead atoms. The van der Waals surface area contributed by atoms with Gasteiger partial charge >= 0.3 is 0 Å². The molecule has 1 aliphatic rings. The van der Waals surface area contributed by atoms with E-state index >= 15 is 0 Å². The van der Waals surface area contributed by atoms with Gasteiger partial charge in [0.05, 0.1) is 16.8 Å². The molecule has 2 atom stereocenters. The Bertz CT molecular complexity index is 867. The number of hydrogen-bond donors (Lipinski definition) is 0. The van der Waals surface area contributed by atoms with Crippen LogP contribution in [-0.4, -0.2) is 48.3 Å². The minimum absolute atomic E-state index is 0.0292. The molecule has 140 valence electrons. The third-order valence-corrected chi connectivity index (χ3v) is 7.10. The molecule has 1 aromatic heterocycles. The standard InChI is InChI=1S/C17H21N3O4S2/c1-12(16(21)20(2)14-6-4-3-5-7-14)25-17-19-18-15(24-17)10-13-8-9-26(22,23)11-13/h3-7,12-13H,8-11H2,1-2H3/t12-,13+/m1/s1. The van der Waals surface area contributed by atoms with E-state index in [1.807, 2.05) is 30.3 Å². The highest BCUT2D eigenvalue weighted by molar-refractivity contribution is 8.00. The zero-order valence-electron chi connectivity index (χ0n) is 14.7. The first kappa shape index (κ1) is 18.9. The average molecular weight is 396 g/mol. The van der Waals surface area contributed by atoms with Crippen molar-refractivity contribution in [1.29, 1.82) is 0 Å². The number of carbonyl (C=O) groups excluding carboxylic acids is 1. The summed E-state index contributed by atoms with van der Waals surface area (Å²) in [6.45, 7) is 1.79. The van der Waals surface area contributed by atoms with Gasteiger partial charge in [-0.25, -0.2) is 8.42 Å². The van der Waals surface area contributed by atoms with E-state index in [-0.39, 0.29) is 28.6 Å². The maximum atomic E-state index is 12.6. The van der Waals surface area contributed by atoms with Crippen LogP contribution in [0.2, 0.25) is 0 Å². The second-order valence-electron chi connectivity index (χ2n) is 6.43. The predicted molar refractivity (Wildman–Crippen MR) is 99.9 cm³/mol. The largest absolute Gasteiger partial charge is 0.416 e. The topological polar surface area (TPSA) is 93.4 Å². The number of rotatable bonds is 6. The fourth-order valence-corrected chi connectivity index (χ4v) is 5.56. The first-order chi connectivity index (χ1) is 12.3. The highest BCUT2D eigenvalue weighted by Crippen LogP contribution is 2.27. The number of anilines is 1. The van der Waals surface area contributed by atoms with Gasteiger partial charge in [-0.3, -0.25) is 4.79 Å². The SMILES string of the molecule is C[C@@H](Sc1nnc(C[C@@H]2CCS(=O)(=O)C2)o1)C(=O)N(C)c1ccccc1. The van der Waals surface area contributed by atoms with Crippen molar-refractivity contribution < 1.29 is 17.6 Å². The van der Waals surface area contributed by atoms with Crippen LogP contribution in [0.5, 0.6) is 0 Å². The summed E-state index contributed by atoms with van der Waals surface area (Å²) in [6.07, 6.45) is 1.09. The Hall–Kier alpha value is -1.87. The lowest BCUT2D eigenvalue weighted by Gasteiger charge is -2.20. The van der Waals surface area contributed by atoms with Crippen molar-refractivity contribution in [3.63, 3.8) is 0 Å². The number of thioether (sulfide) groups is 1. The van der Waals surface area contributed by atoms with Gasteiger partial charge in [0.15, 0.2) is 9.84 Å².